The minimum Gasteiger partial charge on any atom is -0.479 e. The van der Waals surface area contributed by atoms with Crippen LogP contribution < -0.4 is 0 Å². The van der Waals surface area contributed by atoms with Crippen LogP contribution in [0.1, 0.15) is 69.5 Å². The maximum Gasteiger partial charge on any atom is 0.332 e. The van der Waals surface area contributed by atoms with Gasteiger partial charge in [0.15, 0.2) is 6.10 Å². The van der Waals surface area contributed by atoms with Gasteiger partial charge in [0.25, 0.3) is 0 Å². The SMILES string of the molecule is CCC(CC)N1C(=O)[C@](C)(CC(O)C(=O)O)C[C@H](c2cccc(Cl)c2)[C@H]1c1ccc(Cl)cc1. The molecule has 178 valence electrons. The smallest absolute Gasteiger partial charge is 0.332 e. The van der Waals surface area contributed by atoms with Gasteiger partial charge in [-0.2, -0.15) is 0 Å². The van der Waals surface area contributed by atoms with Crippen LogP contribution in [0.2, 0.25) is 10.0 Å². The molecule has 0 aliphatic carbocycles. The van der Waals surface area contributed by atoms with Crippen LogP contribution in [-0.4, -0.2) is 39.1 Å². The normalized spacial score (nSPS) is 24.2. The molecule has 2 aromatic carbocycles. The summed E-state index contributed by atoms with van der Waals surface area (Å²) in [5.74, 6) is -1.60. The topological polar surface area (TPSA) is 77.8 Å². The Morgan fingerprint density at radius 3 is 2.27 bits per heavy atom. The van der Waals surface area contributed by atoms with Crippen molar-refractivity contribution in [3.8, 4) is 0 Å². The van der Waals surface area contributed by atoms with E-state index in [-0.39, 0.29) is 30.3 Å². The molecule has 33 heavy (non-hydrogen) atoms. The largest absolute Gasteiger partial charge is 0.479 e. The second-order valence-corrected chi connectivity index (χ2v) is 10.0. The van der Waals surface area contributed by atoms with Gasteiger partial charge in [0.05, 0.1) is 11.5 Å². The second kappa shape index (κ2) is 10.5. The number of nitrogens with zero attached hydrogens (tertiary/aromatic N) is 1. The van der Waals surface area contributed by atoms with Crippen molar-refractivity contribution in [2.45, 2.75) is 70.6 Å². The number of rotatable bonds is 8. The molecule has 0 saturated carbocycles. The lowest BCUT2D eigenvalue weighted by molar-refractivity contribution is -0.161. The summed E-state index contributed by atoms with van der Waals surface area (Å²) in [6, 6.07) is 14.8. The van der Waals surface area contributed by atoms with E-state index in [1.165, 1.54) is 0 Å². The second-order valence-electron chi connectivity index (χ2n) is 9.16. The molecule has 0 bridgehead atoms. The number of halogens is 2. The molecule has 1 saturated heterocycles. The summed E-state index contributed by atoms with van der Waals surface area (Å²) in [4.78, 5) is 27.4. The van der Waals surface area contributed by atoms with Crippen molar-refractivity contribution in [3.63, 3.8) is 0 Å². The van der Waals surface area contributed by atoms with Gasteiger partial charge >= 0.3 is 5.97 Å². The first kappa shape index (κ1) is 25.5. The molecular weight excluding hydrogens is 461 g/mol. The molecule has 1 fully saturated rings. The summed E-state index contributed by atoms with van der Waals surface area (Å²) in [5, 5.41) is 20.8. The van der Waals surface area contributed by atoms with E-state index < -0.39 is 17.5 Å². The number of hydrogen-bond acceptors (Lipinski definition) is 3. The van der Waals surface area contributed by atoms with Crippen LogP contribution in [0.25, 0.3) is 0 Å². The number of carboxylic acids is 1. The van der Waals surface area contributed by atoms with Crippen LogP contribution in [0.4, 0.5) is 0 Å². The van der Waals surface area contributed by atoms with Gasteiger partial charge in [0, 0.05) is 22.0 Å². The highest BCUT2D eigenvalue weighted by Crippen LogP contribution is 2.52. The number of aliphatic hydroxyl groups is 1. The van der Waals surface area contributed by atoms with Gasteiger partial charge in [-0.3, -0.25) is 4.79 Å². The van der Waals surface area contributed by atoms with E-state index in [0.717, 1.165) is 24.0 Å². The lowest BCUT2D eigenvalue weighted by Gasteiger charge is -2.52. The van der Waals surface area contributed by atoms with Crippen molar-refractivity contribution in [3.05, 3.63) is 69.7 Å². The number of carboxylic acid groups (broad SMARTS) is 1. The molecule has 2 N–H and O–H groups in total. The molecule has 4 atom stereocenters. The Hall–Kier alpha value is -2.08. The molecule has 7 heteroatoms. The fourth-order valence-electron chi connectivity index (χ4n) is 5.17. The van der Waals surface area contributed by atoms with Crippen LogP contribution in [0.5, 0.6) is 0 Å². The minimum atomic E-state index is -1.62. The number of carbonyl (C=O) groups is 2. The predicted octanol–water partition coefficient (Wildman–Crippen LogP) is 6.08. The quantitative estimate of drug-likeness (QED) is 0.468. The Bertz CT molecular complexity index is 992. The first-order valence-electron chi connectivity index (χ1n) is 11.4. The zero-order chi connectivity index (χ0) is 24.3. The third kappa shape index (κ3) is 5.37. The molecular formula is C26H31Cl2NO4. The maximum atomic E-state index is 14.0. The molecule has 5 nitrogen and oxygen atoms in total. The summed E-state index contributed by atoms with van der Waals surface area (Å²) >= 11 is 12.5. The van der Waals surface area contributed by atoms with Crippen LogP contribution >= 0.6 is 23.2 Å². The van der Waals surface area contributed by atoms with Crippen LogP contribution in [-0.2, 0) is 9.59 Å². The van der Waals surface area contributed by atoms with Crippen molar-refractivity contribution in [1.82, 2.24) is 4.90 Å². The van der Waals surface area contributed by atoms with Gasteiger partial charge in [0.1, 0.15) is 0 Å². The summed E-state index contributed by atoms with van der Waals surface area (Å²) in [7, 11) is 0. The number of amides is 1. The van der Waals surface area contributed by atoms with Crippen molar-refractivity contribution in [2.75, 3.05) is 0 Å². The minimum absolute atomic E-state index is 0.0403. The van der Waals surface area contributed by atoms with E-state index >= 15 is 0 Å². The van der Waals surface area contributed by atoms with E-state index in [4.69, 9.17) is 23.2 Å². The van der Waals surface area contributed by atoms with Crippen LogP contribution in [0.3, 0.4) is 0 Å². The molecule has 1 unspecified atom stereocenters. The summed E-state index contributed by atoms with van der Waals surface area (Å²) in [5.41, 5.74) is 0.892. The van der Waals surface area contributed by atoms with E-state index in [2.05, 4.69) is 0 Å². The number of hydrogen-bond donors (Lipinski definition) is 2. The lowest BCUT2D eigenvalue weighted by atomic mass is 9.66. The standard InChI is InChI=1S/C26H31Cl2NO4/c1-4-20(5-2)29-23(16-9-11-18(27)12-10-16)21(17-7-6-8-19(28)13-17)14-26(3,25(29)33)15-22(30)24(31)32/h6-13,20-23,30H,4-5,14-15H2,1-3H3,(H,31,32)/t21-,22?,23-,26+/m1/s1. The van der Waals surface area contributed by atoms with Crippen molar-refractivity contribution in [2.24, 2.45) is 5.41 Å². The van der Waals surface area contributed by atoms with Gasteiger partial charge in [-0.05, 0) is 61.1 Å². The van der Waals surface area contributed by atoms with Crippen LogP contribution in [0, 0.1) is 5.41 Å². The van der Waals surface area contributed by atoms with Gasteiger partial charge in [-0.15, -0.1) is 0 Å². The summed E-state index contributed by atoms with van der Waals surface area (Å²) in [6.45, 7) is 5.87. The van der Waals surface area contributed by atoms with E-state index in [0.29, 0.717) is 16.5 Å². The number of aliphatic hydroxyl groups excluding tert-OH is 1. The third-order valence-corrected chi connectivity index (χ3v) is 7.34. The summed E-state index contributed by atoms with van der Waals surface area (Å²) in [6.07, 6.45) is 0.135. The maximum absolute atomic E-state index is 14.0. The molecule has 1 heterocycles. The third-order valence-electron chi connectivity index (χ3n) is 6.86. The highest BCUT2D eigenvalue weighted by molar-refractivity contribution is 6.30. The molecule has 1 aliphatic heterocycles. The van der Waals surface area contributed by atoms with Crippen LogP contribution in [0.15, 0.2) is 48.5 Å². The number of aliphatic carboxylic acids is 1. The number of carbonyl (C=O) groups excluding carboxylic acids is 1. The Morgan fingerprint density at radius 2 is 1.73 bits per heavy atom. The predicted molar refractivity (Wildman–Crippen MR) is 131 cm³/mol. The number of piperidine rings is 1. The van der Waals surface area contributed by atoms with Crippen molar-refractivity contribution >= 4 is 35.1 Å². The van der Waals surface area contributed by atoms with Gasteiger partial charge in [-0.1, -0.05) is 68.2 Å². The summed E-state index contributed by atoms with van der Waals surface area (Å²) < 4.78 is 0. The van der Waals surface area contributed by atoms with E-state index in [1.54, 1.807) is 6.92 Å². The first-order chi connectivity index (χ1) is 15.6. The fourth-order valence-corrected chi connectivity index (χ4v) is 5.49. The molecule has 1 amide bonds. The highest BCUT2D eigenvalue weighted by atomic mass is 35.5. The Labute approximate surface area is 205 Å². The van der Waals surface area contributed by atoms with E-state index in [1.807, 2.05) is 67.3 Å². The molecule has 0 aromatic heterocycles. The Morgan fingerprint density at radius 1 is 1.09 bits per heavy atom. The highest BCUT2D eigenvalue weighted by Gasteiger charge is 2.52. The fraction of sp³-hybridized carbons (Fsp3) is 0.462. The molecule has 1 aliphatic rings. The molecule has 3 rings (SSSR count). The monoisotopic (exact) mass is 491 g/mol. The van der Waals surface area contributed by atoms with E-state index in [9.17, 15) is 19.8 Å². The van der Waals surface area contributed by atoms with Crippen molar-refractivity contribution in [1.29, 1.82) is 0 Å². The average Bonchev–Trinajstić information content (AvgIpc) is 2.78. The zero-order valence-electron chi connectivity index (χ0n) is 19.2. The average molecular weight is 492 g/mol. The zero-order valence-corrected chi connectivity index (χ0v) is 20.7. The van der Waals surface area contributed by atoms with Crippen molar-refractivity contribution < 1.29 is 19.8 Å². The molecule has 2 aromatic rings. The number of benzene rings is 2. The lowest BCUT2D eigenvalue weighted by Crippen LogP contribution is -2.56. The Kier molecular flexibility index (Phi) is 8.09. The molecule has 0 spiro atoms. The van der Waals surface area contributed by atoms with Gasteiger partial charge in [-0.25, -0.2) is 4.79 Å². The van der Waals surface area contributed by atoms with Gasteiger partial charge in [0.2, 0.25) is 5.91 Å². The first-order valence-corrected chi connectivity index (χ1v) is 12.1. The Balaban J connectivity index is 2.20. The number of likely N-dealkylation sites (tertiary alicyclic amines) is 1. The molecule has 0 radical (unpaired) electrons. The van der Waals surface area contributed by atoms with Gasteiger partial charge < -0.3 is 15.1 Å².